The molecular formula is C35H37N3O4. The molecule has 0 bridgehead atoms. The van der Waals surface area contributed by atoms with Crippen LogP contribution in [0.3, 0.4) is 0 Å². The molecule has 1 fully saturated rings. The molecule has 2 amide bonds. The molecular weight excluding hydrogens is 526 g/mol. The van der Waals surface area contributed by atoms with Gasteiger partial charge in [-0.2, -0.15) is 0 Å². The van der Waals surface area contributed by atoms with Gasteiger partial charge in [-0.1, -0.05) is 42.5 Å². The van der Waals surface area contributed by atoms with Crippen LogP contribution in [0.1, 0.15) is 47.8 Å². The molecule has 2 aliphatic rings. The number of hydrogen-bond acceptors (Lipinski definition) is 5. The first-order chi connectivity index (χ1) is 20.2. The normalized spacial score (nSPS) is 15.0. The van der Waals surface area contributed by atoms with Crippen LogP contribution in [0.2, 0.25) is 0 Å². The number of carbonyl (C=O) groups is 2. The lowest BCUT2D eigenvalue weighted by Crippen LogP contribution is -2.50. The molecule has 0 atom stereocenters. The number of benzene rings is 4. The maximum Gasteiger partial charge on any atom is 0.410 e. The maximum atomic E-state index is 13.4. The predicted octanol–water partition coefficient (Wildman–Crippen LogP) is 6.66. The molecule has 42 heavy (non-hydrogen) atoms. The van der Waals surface area contributed by atoms with Crippen LogP contribution in [0.25, 0.3) is 10.8 Å². The summed E-state index contributed by atoms with van der Waals surface area (Å²) in [6.07, 6.45) is 0.535. The van der Waals surface area contributed by atoms with Crippen molar-refractivity contribution in [3.63, 3.8) is 0 Å². The highest BCUT2D eigenvalue weighted by molar-refractivity contribution is 6.25. The Morgan fingerprint density at radius 2 is 1.52 bits per heavy atom. The Morgan fingerprint density at radius 1 is 0.833 bits per heavy atom. The third kappa shape index (κ3) is 5.51. The van der Waals surface area contributed by atoms with Gasteiger partial charge in [-0.25, -0.2) is 4.79 Å². The van der Waals surface area contributed by atoms with Gasteiger partial charge in [0.05, 0.1) is 19.3 Å². The Morgan fingerprint density at radius 3 is 2.19 bits per heavy atom. The highest BCUT2D eigenvalue weighted by Crippen LogP contribution is 2.40. The number of methoxy groups -OCH3 is 1. The summed E-state index contributed by atoms with van der Waals surface area (Å²) in [5.74, 6) is 0.843. The molecule has 0 aliphatic carbocycles. The van der Waals surface area contributed by atoms with Crippen LogP contribution in [-0.2, 0) is 17.7 Å². The Balaban J connectivity index is 1.15. The number of nitrogens with zero attached hydrogens (tertiary/aromatic N) is 3. The SMILES string of the molecule is COc1ccc(CN2C(=O)c3cccc4c(Cc5ccc(N6CCN(C(=O)OC(C)(C)C)CC6)cc5)ccc2c34)cc1. The lowest BCUT2D eigenvalue weighted by atomic mass is 9.96. The zero-order chi connectivity index (χ0) is 29.4. The summed E-state index contributed by atoms with van der Waals surface area (Å²) < 4.78 is 10.8. The molecule has 0 saturated carbocycles. The van der Waals surface area contributed by atoms with Gasteiger partial charge in [0.2, 0.25) is 0 Å². The predicted molar refractivity (Wildman–Crippen MR) is 167 cm³/mol. The number of carbonyl (C=O) groups excluding carboxylic acids is 2. The minimum atomic E-state index is -0.485. The van der Waals surface area contributed by atoms with Crippen molar-refractivity contribution in [3.8, 4) is 5.75 Å². The molecule has 6 rings (SSSR count). The van der Waals surface area contributed by atoms with Gasteiger partial charge in [-0.3, -0.25) is 4.79 Å². The smallest absolute Gasteiger partial charge is 0.410 e. The first kappa shape index (κ1) is 27.6. The van der Waals surface area contributed by atoms with Crippen molar-refractivity contribution in [3.05, 3.63) is 101 Å². The second-order valence-corrected chi connectivity index (χ2v) is 12.0. The monoisotopic (exact) mass is 563 g/mol. The number of piperazine rings is 1. The van der Waals surface area contributed by atoms with E-state index in [9.17, 15) is 9.59 Å². The van der Waals surface area contributed by atoms with Crippen molar-refractivity contribution in [2.75, 3.05) is 43.1 Å². The molecule has 1 saturated heterocycles. The van der Waals surface area contributed by atoms with Crippen molar-refractivity contribution in [1.29, 1.82) is 0 Å². The van der Waals surface area contributed by atoms with E-state index in [4.69, 9.17) is 9.47 Å². The van der Waals surface area contributed by atoms with Crippen molar-refractivity contribution in [2.45, 2.75) is 39.3 Å². The highest BCUT2D eigenvalue weighted by Gasteiger charge is 2.30. The van der Waals surface area contributed by atoms with Gasteiger partial charge < -0.3 is 24.2 Å². The lowest BCUT2D eigenvalue weighted by Gasteiger charge is -2.36. The number of hydrogen-bond donors (Lipinski definition) is 0. The average Bonchev–Trinajstić information content (AvgIpc) is 3.26. The number of rotatable bonds is 6. The van der Waals surface area contributed by atoms with Gasteiger partial charge in [0.1, 0.15) is 11.4 Å². The minimum absolute atomic E-state index is 0.0414. The summed E-state index contributed by atoms with van der Waals surface area (Å²) in [5.41, 5.74) is 5.87. The van der Waals surface area contributed by atoms with E-state index in [0.717, 1.165) is 58.5 Å². The standard InChI is InChI=1S/C35H37N3O4/c1-35(2,3)42-34(40)37-20-18-36(19-21-37)27-13-8-24(9-14-27)22-26-12-17-31-32-29(26)6-5-7-30(32)33(39)38(31)23-25-10-15-28(41-4)16-11-25/h5-17H,18-23H2,1-4H3. The summed E-state index contributed by atoms with van der Waals surface area (Å²) >= 11 is 0. The molecule has 2 heterocycles. The van der Waals surface area contributed by atoms with Gasteiger partial charge in [0, 0.05) is 42.8 Å². The van der Waals surface area contributed by atoms with Gasteiger partial charge in [-0.15, -0.1) is 0 Å². The van der Waals surface area contributed by atoms with E-state index in [-0.39, 0.29) is 12.0 Å². The molecule has 7 heteroatoms. The van der Waals surface area contributed by atoms with Gasteiger partial charge in [0.15, 0.2) is 0 Å². The van der Waals surface area contributed by atoms with Crippen LogP contribution in [0.15, 0.2) is 78.9 Å². The van der Waals surface area contributed by atoms with Crippen LogP contribution in [0, 0.1) is 0 Å². The Kier molecular flexibility index (Phi) is 7.27. The van der Waals surface area contributed by atoms with Gasteiger partial charge >= 0.3 is 6.09 Å². The number of ether oxygens (including phenoxy) is 2. The topological polar surface area (TPSA) is 62.3 Å². The molecule has 216 valence electrons. The fraction of sp³-hybridized carbons (Fsp3) is 0.314. The molecule has 7 nitrogen and oxygen atoms in total. The van der Waals surface area contributed by atoms with Gasteiger partial charge in [0.25, 0.3) is 5.91 Å². The van der Waals surface area contributed by atoms with Crippen LogP contribution in [-0.4, -0.2) is 55.8 Å². The quantitative estimate of drug-likeness (QED) is 0.263. The fourth-order valence-corrected chi connectivity index (χ4v) is 5.85. The van der Waals surface area contributed by atoms with E-state index in [1.807, 2.05) is 62.1 Å². The van der Waals surface area contributed by atoms with E-state index in [2.05, 4.69) is 47.4 Å². The van der Waals surface area contributed by atoms with Crippen LogP contribution in [0.5, 0.6) is 5.75 Å². The lowest BCUT2D eigenvalue weighted by molar-refractivity contribution is 0.0240. The van der Waals surface area contributed by atoms with Crippen LogP contribution < -0.4 is 14.5 Å². The average molecular weight is 564 g/mol. The second kappa shape index (κ2) is 11.0. The summed E-state index contributed by atoms with van der Waals surface area (Å²) in [5, 5.41) is 2.16. The molecule has 4 aromatic rings. The van der Waals surface area contributed by atoms with Crippen LogP contribution >= 0.6 is 0 Å². The number of anilines is 2. The zero-order valence-corrected chi connectivity index (χ0v) is 24.7. The molecule has 0 N–H and O–H groups in total. The maximum absolute atomic E-state index is 13.4. The summed E-state index contributed by atoms with van der Waals surface area (Å²) in [6.45, 7) is 9.03. The molecule has 0 spiro atoms. The van der Waals surface area contributed by atoms with E-state index < -0.39 is 5.60 Å². The third-order valence-corrected chi connectivity index (χ3v) is 8.00. The van der Waals surface area contributed by atoms with E-state index >= 15 is 0 Å². The Hall–Kier alpha value is -4.52. The summed E-state index contributed by atoms with van der Waals surface area (Å²) in [7, 11) is 1.65. The largest absolute Gasteiger partial charge is 0.497 e. The zero-order valence-electron chi connectivity index (χ0n) is 24.7. The second-order valence-electron chi connectivity index (χ2n) is 12.0. The van der Waals surface area contributed by atoms with E-state index in [1.165, 1.54) is 11.1 Å². The molecule has 0 unspecified atom stereocenters. The highest BCUT2D eigenvalue weighted by atomic mass is 16.6. The van der Waals surface area contributed by atoms with Crippen molar-refractivity contribution >= 4 is 34.1 Å². The third-order valence-electron chi connectivity index (χ3n) is 8.00. The molecule has 0 radical (unpaired) electrons. The summed E-state index contributed by atoms with van der Waals surface area (Å²) in [4.78, 5) is 31.8. The molecule has 4 aromatic carbocycles. The fourth-order valence-electron chi connectivity index (χ4n) is 5.85. The van der Waals surface area contributed by atoms with Crippen molar-refractivity contribution in [1.82, 2.24) is 4.90 Å². The summed E-state index contributed by atoms with van der Waals surface area (Å²) in [6, 6.07) is 26.9. The Bertz CT molecular complexity index is 1620. The van der Waals surface area contributed by atoms with E-state index in [1.54, 1.807) is 12.0 Å². The number of amides is 2. The van der Waals surface area contributed by atoms with Crippen molar-refractivity contribution < 1.29 is 19.1 Å². The van der Waals surface area contributed by atoms with Gasteiger partial charge in [-0.05, 0) is 85.7 Å². The molecule has 0 aromatic heterocycles. The first-order valence-corrected chi connectivity index (χ1v) is 14.5. The van der Waals surface area contributed by atoms with E-state index in [0.29, 0.717) is 19.6 Å². The Labute approximate surface area is 247 Å². The minimum Gasteiger partial charge on any atom is -0.497 e. The van der Waals surface area contributed by atoms with Crippen LogP contribution in [0.4, 0.5) is 16.2 Å². The van der Waals surface area contributed by atoms with Crippen molar-refractivity contribution in [2.24, 2.45) is 0 Å². The first-order valence-electron chi connectivity index (χ1n) is 14.5. The molecule has 2 aliphatic heterocycles.